The summed E-state index contributed by atoms with van der Waals surface area (Å²) >= 11 is 0. The summed E-state index contributed by atoms with van der Waals surface area (Å²) in [6.07, 6.45) is 1.10. The Morgan fingerprint density at radius 3 is 2.62 bits per heavy atom. The average molecular weight is 363 g/mol. The summed E-state index contributed by atoms with van der Waals surface area (Å²) in [7, 11) is 0. The van der Waals surface area contributed by atoms with Crippen LogP contribution in [0, 0.1) is 17.6 Å². The minimum Gasteiger partial charge on any atom is -0.466 e. The normalized spacial score (nSPS) is 15.1. The van der Waals surface area contributed by atoms with Crippen LogP contribution in [0.15, 0.2) is 24.3 Å². The molecule has 0 saturated carbocycles. The Bertz CT molecular complexity index is 814. The molecule has 8 heteroatoms. The molecule has 1 aliphatic heterocycles. The molecule has 2 heterocycles. The van der Waals surface area contributed by atoms with Crippen LogP contribution in [0.4, 0.5) is 8.78 Å². The van der Waals surface area contributed by atoms with E-state index in [2.05, 4.69) is 10.2 Å². The van der Waals surface area contributed by atoms with E-state index in [1.807, 2.05) is 0 Å². The molecule has 1 amide bonds. The zero-order valence-electron chi connectivity index (χ0n) is 14.3. The number of benzene rings is 1. The predicted octanol–water partition coefficient (Wildman–Crippen LogP) is 2.77. The summed E-state index contributed by atoms with van der Waals surface area (Å²) in [6.45, 7) is 3.00. The molecular formula is C18H19F2N3O3. The zero-order valence-corrected chi connectivity index (χ0v) is 14.3. The first-order chi connectivity index (χ1) is 12.5. The van der Waals surface area contributed by atoms with E-state index < -0.39 is 11.6 Å². The SMILES string of the molecule is CCOC(=O)C1CCN(C(=O)c2cc(-c3ccc(F)c(F)c3)n[nH]2)CC1. The van der Waals surface area contributed by atoms with Crippen molar-refractivity contribution in [3.05, 3.63) is 41.6 Å². The van der Waals surface area contributed by atoms with Crippen LogP contribution in [0.25, 0.3) is 11.3 Å². The Morgan fingerprint density at radius 1 is 1.23 bits per heavy atom. The number of carbonyl (C=O) groups is 2. The second kappa shape index (κ2) is 7.63. The Kier molecular flexibility index (Phi) is 5.29. The number of hydrogen-bond acceptors (Lipinski definition) is 4. The van der Waals surface area contributed by atoms with Crippen molar-refractivity contribution in [1.82, 2.24) is 15.1 Å². The highest BCUT2D eigenvalue weighted by atomic mass is 19.2. The lowest BCUT2D eigenvalue weighted by Gasteiger charge is -2.30. The smallest absolute Gasteiger partial charge is 0.309 e. The number of esters is 1. The minimum atomic E-state index is -0.973. The van der Waals surface area contributed by atoms with E-state index >= 15 is 0 Å². The monoisotopic (exact) mass is 363 g/mol. The molecule has 0 radical (unpaired) electrons. The lowest BCUT2D eigenvalue weighted by Crippen LogP contribution is -2.40. The van der Waals surface area contributed by atoms with Gasteiger partial charge in [-0.2, -0.15) is 5.10 Å². The standard InChI is InChI=1S/C18H19F2N3O3/c1-2-26-18(25)11-5-7-23(8-6-11)17(24)16-10-15(21-22-16)12-3-4-13(19)14(20)9-12/h3-4,9-11H,2,5-8H2,1H3,(H,21,22). The van der Waals surface area contributed by atoms with E-state index in [-0.39, 0.29) is 23.5 Å². The van der Waals surface area contributed by atoms with Crippen molar-refractivity contribution < 1.29 is 23.1 Å². The molecule has 1 aromatic heterocycles. The highest BCUT2D eigenvalue weighted by Crippen LogP contribution is 2.23. The van der Waals surface area contributed by atoms with Crippen LogP contribution in [-0.2, 0) is 9.53 Å². The van der Waals surface area contributed by atoms with Gasteiger partial charge in [0.15, 0.2) is 11.6 Å². The highest BCUT2D eigenvalue weighted by molar-refractivity contribution is 5.93. The van der Waals surface area contributed by atoms with Gasteiger partial charge in [-0.05, 0) is 44.0 Å². The van der Waals surface area contributed by atoms with Gasteiger partial charge in [0.1, 0.15) is 5.69 Å². The number of amides is 1. The van der Waals surface area contributed by atoms with Crippen LogP contribution in [0.1, 0.15) is 30.3 Å². The first kappa shape index (κ1) is 18.0. The van der Waals surface area contributed by atoms with Gasteiger partial charge in [0.25, 0.3) is 5.91 Å². The van der Waals surface area contributed by atoms with Crippen molar-refractivity contribution in [3.8, 4) is 11.3 Å². The van der Waals surface area contributed by atoms with Gasteiger partial charge < -0.3 is 9.64 Å². The molecule has 1 N–H and O–H groups in total. The zero-order chi connectivity index (χ0) is 18.7. The Labute approximate surface area is 149 Å². The van der Waals surface area contributed by atoms with Crippen molar-refractivity contribution in [3.63, 3.8) is 0 Å². The molecule has 1 aliphatic rings. The first-order valence-electron chi connectivity index (χ1n) is 8.46. The molecule has 2 aromatic rings. The average Bonchev–Trinajstić information content (AvgIpc) is 3.14. The molecule has 0 bridgehead atoms. The summed E-state index contributed by atoms with van der Waals surface area (Å²) in [4.78, 5) is 26.0. The van der Waals surface area contributed by atoms with Crippen LogP contribution in [0.2, 0.25) is 0 Å². The summed E-state index contributed by atoms with van der Waals surface area (Å²) in [6, 6.07) is 4.95. The number of carbonyl (C=O) groups excluding carboxylic acids is 2. The Morgan fingerprint density at radius 2 is 1.96 bits per heavy atom. The number of rotatable bonds is 4. The number of piperidine rings is 1. The van der Waals surface area contributed by atoms with Crippen molar-refractivity contribution in [2.75, 3.05) is 19.7 Å². The topological polar surface area (TPSA) is 75.3 Å². The van der Waals surface area contributed by atoms with Crippen LogP contribution in [-0.4, -0.2) is 46.7 Å². The van der Waals surface area contributed by atoms with E-state index in [9.17, 15) is 18.4 Å². The molecule has 1 aromatic carbocycles. The molecule has 0 atom stereocenters. The van der Waals surface area contributed by atoms with E-state index in [1.165, 1.54) is 12.1 Å². The Balaban J connectivity index is 1.65. The van der Waals surface area contributed by atoms with Gasteiger partial charge in [-0.1, -0.05) is 0 Å². The minimum absolute atomic E-state index is 0.182. The molecular weight excluding hydrogens is 344 g/mol. The van der Waals surface area contributed by atoms with E-state index in [1.54, 1.807) is 11.8 Å². The molecule has 0 aliphatic carbocycles. The van der Waals surface area contributed by atoms with Crippen LogP contribution in [0.5, 0.6) is 0 Å². The van der Waals surface area contributed by atoms with E-state index in [4.69, 9.17) is 4.74 Å². The fourth-order valence-electron chi connectivity index (χ4n) is 2.98. The third-order valence-corrected chi connectivity index (χ3v) is 4.43. The maximum atomic E-state index is 13.4. The largest absolute Gasteiger partial charge is 0.466 e. The third kappa shape index (κ3) is 3.74. The van der Waals surface area contributed by atoms with Gasteiger partial charge in [-0.15, -0.1) is 0 Å². The maximum Gasteiger partial charge on any atom is 0.309 e. The summed E-state index contributed by atoms with van der Waals surface area (Å²) in [5, 5.41) is 6.65. The van der Waals surface area contributed by atoms with E-state index in [0.29, 0.717) is 43.8 Å². The van der Waals surface area contributed by atoms with Gasteiger partial charge >= 0.3 is 5.97 Å². The van der Waals surface area contributed by atoms with Gasteiger partial charge in [0.05, 0.1) is 18.2 Å². The third-order valence-electron chi connectivity index (χ3n) is 4.43. The number of H-pyrrole nitrogens is 1. The van der Waals surface area contributed by atoms with Crippen molar-refractivity contribution >= 4 is 11.9 Å². The Hall–Kier alpha value is -2.77. The van der Waals surface area contributed by atoms with Crippen LogP contribution >= 0.6 is 0 Å². The summed E-state index contributed by atoms with van der Waals surface area (Å²) in [5.41, 5.74) is 0.994. The van der Waals surface area contributed by atoms with Gasteiger partial charge in [0, 0.05) is 18.7 Å². The molecule has 3 rings (SSSR count). The van der Waals surface area contributed by atoms with Crippen molar-refractivity contribution in [1.29, 1.82) is 0 Å². The molecule has 1 fully saturated rings. The molecule has 138 valence electrons. The van der Waals surface area contributed by atoms with Crippen molar-refractivity contribution in [2.45, 2.75) is 19.8 Å². The van der Waals surface area contributed by atoms with Crippen LogP contribution in [0.3, 0.4) is 0 Å². The lowest BCUT2D eigenvalue weighted by atomic mass is 9.97. The van der Waals surface area contributed by atoms with Gasteiger partial charge in [-0.3, -0.25) is 14.7 Å². The molecule has 6 nitrogen and oxygen atoms in total. The lowest BCUT2D eigenvalue weighted by molar-refractivity contribution is -0.149. The number of hydrogen-bond donors (Lipinski definition) is 1. The second-order valence-corrected chi connectivity index (χ2v) is 6.11. The number of aromatic amines is 1. The van der Waals surface area contributed by atoms with Gasteiger partial charge in [-0.25, -0.2) is 8.78 Å². The molecule has 0 spiro atoms. The molecule has 0 unspecified atom stereocenters. The highest BCUT2D eigenvalue weighted by Gasteiger charge is 2.29. The molecule has 26 heavy (non-hydrogen) atoms. The fourth-order valence-corrected chi connectivity index (χ4v) is 2.98. The molecule has 1 saturated heterocycles. The number of ether oxygens (including phenoxy) is 1. The number of aromatic nitrogens is 2. The van der Waals surface area contributed by atoms with Crippen molar-refractivity contribution in [2.24, 2.45) is 5.92 Å². The van der Waals surface area contributed by atoms with Crippen LogP contribution < -0.4 is 0 Å². The number of halogens is 2. The van der Waals surface area contributed by atoms with Gasteiger partial charge in [0.2, 0.25) is 0 Å². The summed E-state index contributed by atoms with van der Waals surface area (Å²) < 4.78 is 31.4. The number of nitrogens with zero attached hydrogens (tertiary/aromatic N) is 2. The number of likely N-dealkylation sites (tertiary alicyclic amines) is 1. The first-order valence-corrected chi connectivity index (χ1v) is 8.46. The van der Waals surface area contributed by atoms with E-state index in [0.717, 1.165) is 12.1 Å². The second-order valence-electron chi connectivity index (χ2n) is 6.11. The quantitative estimate of drug-likeness (QED) is 0.848. The predicted molar refractivity (Wildman–Crippen MR) is 89.2 cm³/mol. The maximum absolute atomic E-state index is 13.4. The number of nitrogens with one attached hydrogen (secondary N) is 1. The fraction of sp³-hybridized carbons (Fsp3) is 0.389. The summed E-state index contributed by atoms with van der Waals surface area (Å²) in [5.74, 6) is -2.56.